The van der Waals surface area contributed by atoms with Gasteiger partial charge >= 0.3 is 0 Å². The van der Waals surface area contributed by atoms with E-state index in [4.69, 9.17) is 39.2 Å². The van der Waals surface area contributed by atoms with E-state index in [1.165, 1.54) is 22.3 Å². The average Bonchev–Trinajstić information content (AvgIpc) is 2.90. The van der Waals surface area contributed by atoms with Crippen LogP contribution in [-0.2, 0) is 5.41 Å². The molecule has 10 radical (unpaired) electrons. The molecule has 0 spiro atoms. The first-order valence-electron chi connectivity index (χ1n) is 8.76. The van der Waals surface area contributed by atoms with Crippen molar-refractivity contribution in [2.75, 3.05) is 5.32 Å². The molecule has 0 aliphatic heterocycles. The molecule has 0 saturated carbocycles. The van der Waals surface area contributed by atoms with Crippen LogP contribution >= 0.6 is 0 Å². The fourth-order valence-electron chi connectivity index (χ4n) is 3.91. The maximum absolute atomic E-state index is 6.13. The van der Waals surface area contributed by atoms with Gasteiger partial charge in [-0.05, 0) is 34.4 Å². The largest absolute Gasteiger partial charge is 0.357 e. The van der Waals surface area contributed by atoms with Crippen LogP contribution in [0, 0.1) is 0 Å². The summed E-state index contributed by atoms with van der Waals surface area (Å²) < 4.78 is 0. The van der Waals surface area contributed by atoms with Gasteiger partial charge in [-0.15, -0.1) is 16.4 Å². The summed E-state index contributed by atoms with van der Waals surface area (Å²) in [7, 11) is 30.1. The second-order valence-electron chi connectivity index (χ2n) is 7.50. The van der Waals surface area contributed by atoms with Gasteiger partial charge in [-0.3, -0.25) is 0 Å². The van der Waals surface area contributed by atoms with Crippen molar-refractivity contribution in [3.8, 4) is 11.1 Å². The summed E-state index contributed by atoms with van der Waals surface area (Å²) in [4.78, 5) is 0. The fourth-order valence-corrected chi connectivity index (χ4v) is 3.91. The Bertz CT molecular complexity index is 1060. The van der Waals surface area contributed by atoms with E-state index < -0.39 is 0 Å². The zero-order valence-electron chi connectivity index (χ0n) is 15.4. The fraction of sp³-hybridized carbons (Fsp3) is 0.143. The van der Waals surface area contributed by atoms with E-state index in [9.17, 15) is 0 Å². The molecule has 0 bridgehead atoms. The normalized spacial score (nSPS) is 13.9. The van der Waals surface area contributed by atoms with Crippen molar-refractivity contribution < 1.29 is 0 Å². The van der Waals surface area contributed by atoms with Gasteiger partial charge in [-0.25, -0.2) is 0 Å². The SMILES string of the molecule is [B]c1c([B])c([B])c(Nc2ccc3c(c2)C(C)(C)c2ccccc2-3)c([B])c1[B]. The number of fused-ring (bicyclic) bond motifs is 3. The molecule has 3 aromatic carbocycles. The van der Waals surface area contributed by atoms with Crippen molar-refractivity contribution >= 4 is 77.9 Å². The van der Waals surface area contributed by atoms with Gasteiger partial charge in [-0.1, -0.05) is 55.1 Å². The Hall–Kier alpha value is -2.22. The zero-order chi connectivity index (χ0) is 19.5. The molecule has 3 aromatic rings. The maximum Gasteiger partial charge on any atom is 0.115 e. The molecule has 27 heavy (non-hydrogen) atoms. The number of rotatable bonds is 2. The van der Waals surface area contributed by atoms with E-state index in [0.29, 0.717) is 16.6 Å². The minimum absolute atomic E-state index is 0.0973. The third-order valence-corrected chi connectivity index (χ3v) is 5.55. The number of benzene rings is 3. The summed E-state index contributed by atoms with van der Waals surface area (Å²) in [5, 5.41) is 3.28. The van der Waals surface area contributed by atoms with Gasteiger partial charge in [0, 0.05) is 16.8 Å². The lowest BCUT2D eigenvalue weighted by atomic mass is 9.61. The van der Waals surface area contributed by atoms with Crippen LogP contribution in [0.2, 0.25) is 0 Å². The molecule has 0 aromatic heterocycles. The summed E-state index contributed by atoms with van der Waals surface area (Å²) >= 11 is 0. The maximum atomic E-state index is 6.13. The Labute approximate surface area is 167 Å². The summed E-state index contributed by atoms with van der Waals surface area (Å²) in [6, 6.07) is 14.7. The number of hydrogen-bond acceptors (Lipinski definition) is 1. The van der Waals surface area contributed by atoms with Crippen LogP contribution in [0.4, 0.5) is 11.4 Å². The molecule has 0 atom stereocenters. The van der Waals surface area contributed by atoms with Crippen LogP contribution in [0.5, 0.6) is 0 Å². The highest BCUT2D eigenvalue weighted by atomic mass is 14.9. The summed E-state index contributed by atoms with van der Waals surface area (Å²) in [6.45, 7) is 4.45. The van der Waals surface area contributed by atoms with E-state index in [0.717, 1.165) is 5.69 Å². The van der Waals surface area contributed by atoms with Crippen LogP contribution in [0.25, 0.3) is 11.1 Å². The first-order valence-corrected chi connectivity index (χ1v) is 8.76. The molecule has 4 rings (SSSR count). The molecular formula is C21H14B5N. The molecule has 0 fully saturated rings. The van der Waals surface area contributed by atoms with E-state index in [2.05, 4.69) is 55.6 Å². The molecule has 1 N–H and O–H groups in total. The van der Waals surface area contributed by atoms with Gasteiger partial charge in [0.05, 0.1) is 0 Å². The molecule has 0 heterocycles. The van der Waals surface area contributed by atoms with Gasteiger partial charge in [-0.2, -0.15) is 0 Å². The van der Waals surface area contributed by atoms with Gasteiger partial charge in [0.2, 0.25) is 0 Å². The van der Waals surface area contributed by atoms with Crippen molar-refractivity contribution in [1.29, 1.82) is 0 Å². The van der Waals surface area contributed by atoms with Crippen molar-refractivity contribution in [2.45, 2.75) is 19.3 Å². The predicted octanol–water partition coefficient (Wildman–Crippen LogP) is -0.294. The smallest absolute Gasteiger partial charge is 0.115 e. The van der Waals surface area contributed by atoms with E-state index >= 15 is 0 Å². The van der Waals surface area contributed by atoms with Crippen molar-refractivity contribution in [3.63, 3.8) is 0 Å². The molecule has 0 amide bonds. The number of hydrogen-bond donors (Lipinski definition) is 1. The van der Waals surface area contributed by atoms with Crippen molar-refractivity contribution in [3.05, 3.63) is 53.6 Å². The second-order valence-corrected chi connectivity index (χ2v) is 7.50. The van der Waals surface area contributed by atoms with Gasteiger partial charge in [0.15, 0.2) is 0 Å². The van der Waals surface area contributed by atoms with Crippen LogP contribution in [0.1, 0.15) is 25.0 Å². The monoisotopic (exact) mass is 335 g/mol. The van der Waals surface area contributed by atoms with Gasteiger partial charge in [0.1, 0.15) is 39.2 Å². The highest BCUT2D eigenvalue weighted by Crippen LogP contribution is 2.49. The molecule has 1 aliphatic rings. The van der Waals surface area contributed by atoms with Crippen LogP contribution in [-0.4, -0.2) is 39.2 Å². The molecule has 0 unspecified atom stereocenters. The molecule has 0 saturated heterocycles. The van der Waals surface area contributed by atoms with Crippen molar-refractivity contribution in [2.24, 2.45) is 0 Å². The Morgan fingerprint density at radius 2 is 1.22 bits per heavy atom. The van der Waals surface area contributed by atoms with Crippen LogP contribution in [0.15, 0.2) is 42.5 Å². The lowest BCUT2D eigenvalue weighted by molar-refractivity contribution is 0.660. The molecule has 1 aliphatic carbocycles. The average molecular weight is 334 g/mol. The zero-order valence-corrected chi connectivity index (χ0v) is 15.4. The van der Waals surface area contributed by atoms with Gasteiger partial charge in [0.25, 0.3) is 0 Å². The van der Waals surface area contributed by atoms with Crippen molar-refractivity contribution in [1.82, 2.24) is 0 Å². The third kappa shape index (κ3) is 2.61. The quantitative estimate of drug-likeness (QED) is 0.635. The first kappa shape index (κ1) is 18.2. The molecule has 1 nitrogen and oxygen atoms in total. The Balaban J connectivity index is 1.81. The Morgan fingerprint density at radius 1 is 0.667 bits per heavy atom. The standard InChI is InChI=1S/C21H14B5N/c1-21(2)13-6-4-3-5-11(13)12-8-7-10(9-14(12)21)27-20-18(25)16(23)15(22)17(24)19(20)26/h3-9,27H,1-2H3. The lowest BCUT2D eigenvalue weighted by Gasteiger charge is -2.24. The molecular weight excluding hydrogens is 320 g/mol. The van der Waals surface area contributed by atoms with E-state index in [1.807, 2.05) is 6.07 Å². The highest BCUT2D eigenvalue weighted by Gasteiger charge is 2.35. The summed E-state index contributed by atoms with van der Waals surface area (Å²) in [6.07, 6.45) is 0. The van der Waals surface area contributed by atoms with Crippen LogP contribution in [0.3, 0.4) is 0 Å². The topological polar surface area (TPSA) is 12.0 Å². The van der Waals surface area contributed by atoms with Crippen LogP contribution < -0.4 is 32.6 Å². The minimum atomic E-state index is -0.0973. The highest BCUT2D eigenvalue weighted by molar-refractivity contribution is 6.68. The lowest BCUT2D eigenvalue weighted by Crippen LogP contribution is -2.55. The van der Waals surface area contributed by atoms with Gasteiger partial charge < -0.3 is 5.32 Å². The number of anilines is 2. The second kappa shape index (κ2) is 6.16. The molecule has 118 valence electrons. The summed E-state index contributed by atoms with van der Waals surface area (Å²) in [5.41, 5.74) is 7.56. The van der Waals surface area contributed by atoms with E-state index in [1.54, 1.807) is 0 Å². The van der Waals surface area contributed by atoms with E-state index in [-0.39, 0.29) is 21.8 Å². The number of nitrogens with one attached hydrogen (secondary N) is 1. The summed E-state index contributed by atoms with van der Waals surface area (Å²) in [5.74, 6) is 0. The molecule has 6 heteroatoms. The Kier molecular flexibility index (Phi) is 4.14. The predicted molar refractivity (Wildman–Crippen MR) is 121 cm³/mol. The minimum Gasteiger partial charge on any atom is -0.357 e. The Morgan fingerprint density at radius 3 is 1.89 bits per heavy atom. The first-order chi connectivity index (χ1) is 12.7. The third-order valence-electron chi connectivity index (χ3n) is 5.55.